The Hall–Kier alpha value is -3.82. The number of amides is 3. The highest BCUT2D eigenvalue weighted by Crippen LogP contribution is 2.69. The summed E-state index contributed by atoms with van der Waals surface area (Å²) in [6.45, 7) is 7.72. The molecule has 0 aliphatic carbocycles. The first-order valence-corrected chi connectivity index (χ1v) is 16.4. The second-order valence-corrected chi connectivity index (χ2v) is 13.5. The van der Waals surface area contributed by atoms with Gasteiger partial charge in [0.2, 0.25) is 17.7 Å². The molecule has 3 amide bonds. The first kappa shape index (κ1) is 30.2. The number of carbonyl (C=O) groups is 3. The lowest BCUT2D eigenvalue weighted by atomic mass is 9.66. The van der Waals surface area contributed by atoms with E-state index >= 15 is 0 Å². The highest BCUT2D eigenvalue weighted by Gasteiger charge is 2.76. The molecule has 7 atom stereocenters. The molecule has 3 fully saturated rings. The number of hydrogen-bond donors (Lipinski definition) is 3. The lowest BCUT2D eigenvalue weighted by molar-refractivity contribution is -0.141. The summed E-state index contributed by atoms with van der Waals surface area (Å²) in [4.78, 5) is 46.8. The number of nitrogens with zero attached hydrogens (tertiary/aromatic N) is 2. The van der Waals surface area contributed by atoms with E-state index in [0.717, 1.165) is 30.8 Å². The van der Waals surface area contributed by atoms with Crippen molar-refractivity contribution in [1.82, 2.24) is 4.90 Å². The van der Waals surface area contributed by atoms with Crippen LogP contribution in [-0.4, -0.2) is 63.5 Å². The minimum Gasteiger partial charge on any atom is -0.394 e. The average Bonchev–Trinajstić information content (AvgIpc) is 3.64. The van der Waals surface area contributed by atoms with Crippen LogP contribution >= 0.6 is 11.8 Å². The number of thioether (sulfide) groups is 1. The molecule has 3 aromatic rings. The monoisotopic (exact) mass is 612 g/mol. The molecule has 0 radical (unpaired) electrons. The number of carbonyl (C=O) groups excluding carboxylic acids is 3. The van der Waals surface area contributed by atoms with E-state index in [2.05, 4.69) is 36.3 Å². The van der Waals surface area contributed by atoms with Gasteiger partial charge in [0.15, 0.2) is 0 Å². The summed E-state index contributed by atoms with van der Waals surface area (Å²) in [6.07, 6.45) is 0.729. The van der Waals surface area contributed by atoms with Crippen molar-refractivity contribution in [3.8, 4) is 0 Å². The maximum atomic E-state index is 14.6. The lowest BCUT2D eigenvalue weighted by Crippen LogP contribution is -2.55. The Morgan fingerprint density at radius 2 is 1.52 bits per heavy atom. The maximum Gasteiger partial charge on any atom is 0.248 e. The van der Waals surface area contributed by atoms with Crippen LogP contribution in [0.3, 0.4) is 0 Å². The van der Waals surface area contributed by atoms with Gasteiger partial charge in [-0.05, 0) is 68.1 Å². The van der Waals surface area contributed by atoms with Crippen LogP contribution in [0.4, 0.5) is 17.1 Å². The molecule has 3 saturated heterocycles. The van der Waals surface area contributed by atoms with Gasteiger partial charge in [0.25, 0.3) is 0 Å². The fourth-order valence-electron chi connectivity index (χ4n) is 7.73. The highest BCUT2D eigenvalue weighted by molar-refractivity contribution is 8.02. The van der Waals surface area contributed by atoms with Crippen LogP contribution in [0.15, 0.2) is 84.9 Å². The van der Waals surface area contributed by atoms with Gasteiger partial charge in [0, 0.05) is 35.4 Å². The van der Waals surface area contributed by atoms with Gasteiger partial charge in [0.1, 0.15) is 6.04 Å². The smallest absolute Gasteiger partial charge is 0.248 e. The molecule has 3 aromatic carbocycles. The van der Waals surface area contributed by atoms with Gasteiger partial charge in [-0.15, -0.1) is 11.8 Å². The van der Waals surface area contributed by atoms with E-state index in [-0.39, 0.29) is 35.5 Å². The zero-order chi connectivity index (χ0) is 31.0. The SMILES string of the molecule is CCN(CC)c1ccc(NC(=O)C2N([C@H](CO)c3ccccc3)C(=O)[C@@H]3[C@H](C(=O)Nc4ccccc4)[C@@H]4CC(C)C23S4)cc1. The zero-order valence-electron chi connectivity index (χ0n) is 25.4. The Morgan fingerprint density at radius 3 is 2.14 bits per heavy atom. The predicted octanol–water partition coefficient (Wildman–Crippen LogP) is 5.18. The number of benzene rings is 3. The van der Waals surface area contributed by atoms with Crippen LogP contribution in [0.1, 0.15) is 38.8 Å². The molecule has 3 aliphatic rings. The second kappa shape index (κ2) is 12.3. The van der Waals surface area contributed by atoms with E-state index in [1.165, 1.54) is 0 Å². The number of para-hydroxylation sites is 1. The molecule has 8 nitrogen and oxygen atoms in total. The van der Waals surface area contributed by atoms with Crippen molar-refractivity contribution in [2.45, 2.75) is 49.3 Å². The molecule has 0 aromatic heterocycles. The Kier molecular flexibility index (Phi) is 8.44. The van der Waals surface area contributed by atoms with Gasteiger partial charge in [-0.2, -0.15) is 0 Å². The number of anilines is 3. The highest BCUT2D eigenvalue weighted by atomic mass is 32.2. The average molecular weight is 613 g/mol. The molecule has 3 aliphatic heterocycles. The molecule has 6 rings (SSSR count). The summed E-state index contributed by atoms with van der Waals surface area (Å²) in [5, 5.41) is 16.8. The first-order chi connectivity index (χ1) is 21.3. The molecule has 3 N–H and O–H groups in total. The van der Waals surface area contributed by atoms with Crippen LogP contribution in [0, 0.1) is 17.8 Å². The van der Waals surface area contributed by atoms with E-state index in [9.17, 15) is 19.5 Å². The van der Waals surface area contributed by atoms with Gasteiger partial charge in [-0.1, -0.05) is 55.5 Å². The van der Waals surface area contributed by atoms with Crippen molar-refractivity contribution in [2.75, 3.05) is 35.2 Å². The van der Waals surface area contributed by atoms with Crippen LogP contribution in [0.2, 0.25) is 0 Å². The largest absolute Gasteiger partial charge is 0.394 e. The quantitative estimate of drug-likeness (QED) is 0.292. The first-order valence-electron chi connectivity index (χ1n) is 15.5. The third-order valence-electron chi connectivity index (χ3n) is 9.73. The normalized spacial score (nSPS) is 27.6. The third-order valence-corrected chi connectivity index (χ3v) is 11.8. The van der Waals surface area contributed by atoms with Crippen molar-refractivity contribution < 1.29 is 19.5 Å². The van der Waals surface area contributed by atoms with E-state index < -0.39 is 28.7 Å². The predicted molar refractivity (Wildman–Crippen MR) is 175 cm³/mol. The van der Waals surface area contributed by atoms with E-state index in [1.807, 2.05) is 84.9 Å². The minimum absolute atomic E-state index is 0.00753. The van der Waals surface area contributed by atoms with Crippen molar-refractivity contribution in [1.29, 1.82) is 0 Å². The van der Waals surface area contributed by atoms with Crippen molar-refractivity contribution in [3.05, 3.63) is 90.5 Å². The fourth-order valence-corrected chi connectivity index (χ4v) is 10.1. The fraction of sp³-hybridized carbons (Fsp3) is 0.400. The van der Waals surface area contributed by atoms with Gasteiger partial charge >= 0.3 is 0 Å². The Labute approximate surface area is 263 Å². The number of aliphatic hydroxyl groups excluding tert-OH is 1. The molecule has 1 spiro atoms. The summed E-state index contributed by atoms with van der Waals surface area (Å²) in [5.74, 6) is -2.02. The summed E-state index contributed by atoms with van der Waals surface area (Å²) >= 11 is 1.62. The topological polar surface area (TPSA) is 102 Å². The molecule has 230 valence electrons. The summed E-state index contributed by atoms with van der Waals surface area (Å²) < 4.78 is -0.812. The number of nitrogens with one attached hydrogen (secondary N) is 2. The van der Waals surface area contributed by atoms with Crippen molar-refractivity contribution in [3.63, 3.8) is 0 Å². The molecule has 3 heterocycles. The summed E-state index contributed by atoms with van der Waals surface area (Å²) in [7, 11) is 0. The Morgan fingerprint density at radius 1 is 0.932 bits per heavy atom. The summed E-state index contributed by atoms with van der Waals surface area (Å²) in [5.41, 5.74) is 3.13. The van der Waals surface area contributed by atoms with Crippen molar-refractivity contribution in [2.24, 2.45) is 17.8 Å². The van der Waals surface area contributed by atoms with Crippen LogP contribution in [0.25, 0.3) is 0 Å². The van der Waals surface area contributed by atoms with E-state index in [0.29, 0.717) is 11.4 Å². The van der Waals surface area contributed by atoms with Gasteiger partial charge in [0.05, 0.1) is 29.2 Å². The van der Waals surface area contributed by atoms with Crippen molar-refractivity contribution >= 4 is 46.5 Å². The maximum absolute atomic E-state index is 14.6. The van der Waals surface area contributed by atoms with Gasteiger partial charge in [-0.3, -0.25) is 14.4 Å². The summed E-state index contributed by atoms with van der Waals surface area (Å²) in [6, 6.07) is 24.8. The van der Waals surface area contributed by atoms with Crippen LogP contribution in [0.5, 0.6) is 0 Å². The molecule has 9 heteroatoms. The Balaban J connectivity index is 1.38. The van der Waals surface area contributed by atoms with Crippen LogP contribution in [-0.2, 0) is 14.4 Å². The molecule has 44 heavy (non-hydrogen) atoms. The number of aliphatic hydroxyl groups is 1. The number of fused-ring (bicyclic) bond motifs is 1. The molecule has 0 saturated carbocycles. The standard InChI is InChI=1S/C35H40N4O4S/c1-4-38(5-2)26-18-16-25(17-19-26)37-33(42)31-35-22(3)20-28(44-35)29(32(41)36-24-14-10-7-11-15-24)30(35)34(43)39(31)27(21-40)23-12-8-6-9-13-23/h6-19,22,27-31,40H,4-5,20-21H2,1-3H3,(H,36,41)(H,37,42)/t22?,27-,28+,29-,30+,31?,35?/m1/s1. The number of rotatable bonds is 10. The number of likely N-dealkylation sites (tertiary alicyclic amines) is 1. The Bertz CT molecular complexity index is 1500. The molecular weight excluding hydrogens is 572 g/mol. The van der Waals surface area contributed by atoms with E-state index in [4.69, 9.17) is 0 Å². The van der Waals surface area contributed by atoms with Gasteiger partial charge in [-0.25, -0.2) is 0 Å². The minimum atomic E-state index is -0.876. The second-order valence-electron chi connectivity index (χ2n) is 12.0. The van der Waals surface area contributed by atoms with Gasteiger partial charge < -0.3 is 25.5 Å². The zero-order valence-corrected chi connectivity index (χ0v) is 26.2. The molecule has 2 bridgehead atoms. The molecule has 3 unspecified atom stereocenters. The van der Waals surface area contributed by atoms with Crippen LogP contribution < -0.4 is 15.5 Å². The molecular formula is C35H40N4O4S. The van der Waals surface area contributed by atoms with E-state index in [1.54, 1.807) is 16.7 Å². The number of hydrogen-bond acceptors (Lipinski definition) is 6. The third kappa shape index (κ3) is 4.96. The lowest BCUT2D eigenvalue weighted by Gasteiger charge is -2.40.